The van der Waals surface area contributed by atoms with Crippen molar-refractivity contribution < 1.29 is 9.18 Å². The molecule has 2 N–H and O–H groups in total. The van der Waals surface area contributed by atoms with Crippen molar-refractivity contribution >= 4 is 23.4 Å². The van der Waals surface area contributed by atoms with Crippen LogP contribution in [0.5, 0.6) is 0 Å². The lowest BCUT2D eigenvalue weighted by Crippen LogP contribution is -2.61. The molecular formula is C22H26FN5O. The molecule has 0 aliphatic carbocycles. The number of nitrogens with one attached hydrogen (secondary N) is 2. The average molecular weight is 395 g/mol. The number of carbonyl (C=O) groups is 1. The first-order chi connectivity index (χ1) is 14.0. The Morgan fingerprint density at radius 1 is 1.21 bits per heavy atom. The summed E-state index contributed by atoms with van der Waals surface area (Å²) in [5.74, 6) is 0.836. The second-order valence-electron chi connectivity index (χ2n) is 7.81. The number of para-hydroxylation sites is 1. The van der Waals surface area contributed by atoms with Crippen LogP contribution in [0, 0.1) is 11.7 Å². The molecule has 4 rings (SSSR count). The molecule has 29 heavy (non-hydrogen) atoms. The molecule has 2 aliphatic heterocycles. The van der Waals surface area contributed by atoms with E-state index in [1.54, 1.807) is 17.0 Å². The Labute approximate surface area is 170 Å². The van der Waals surface area contributed by atoms with E-state index in [4.69, 9.17) is 4.99 Å². The Bertz CT molecular complexity index is 929. The average Bonchev–Trinajstić information content (AvgIpc) is 2.73. The second kappa shape index (κ2) is 8.11. The number of amides is 2. The smallest absolute Gasteiger partial charge is 0.321 e. The van der Waals surface area contributed by atoms with Crippen molar-refractivity contribution in [3.63, 3.8) is 0 Å². The van der Waals surface area contributed by atoms with E-state index in [0.717, 1.165) is 18.2 Å². The molecule has 2 aromatic rings. The van der Waals surface area contributed by atoms with Crippen LogP contribution >= 0.6 is 0 Å². The SMILES string of the molecule is CC(C)C1CN(C(=O)Nc2cccc(F)c2)CCN1C1=Nc2ccccc2CN1. The van der Waals surface area contributed by atoms with Crippen LogP contribution in [0.4, 0.5) is 20.6 Å². The summed E-state index contributed by atoms with van der Waals surface area (Å²) in [7, 11) is 0. The molecule has 0 bridgehead atoms. The Morgan fingerprint density at radius 2 is 2.03 bits per heavy atom. The predicted octanol–water partition coefficient (Wildman–Crippen LogP) is 3.79. The third kappa shape index (κ3) is 4.18. The Hall–Kier alpha value is -3.09. The largest absolute Gasteiger partial charge is 0.352 e. The first-order valence-corrected chi connectivity index (χ1v) is 10.00. The van der Waals surface area contributed by atoms with Gasteiger partial charge in [0.2, 0.25) is 0 Å². The Kier molecular flexibility index (Phi) is 5.38. The maximum Gasteiger partial charge on any atom is 0.321 e. The molecule has 2 aromatic carbocycles. The number of aliphatic imine (C=N–C) groups is 1. The summed E-state index contributed by atoms with van der Waals surface area (Å²) in [4.78, 5) is 21.6. The fourth-order valence-corrected chi connectivity index (χ4v) is 3.86. The van der Waals surface area contributed by atoms with Gasteiger partial charge in [-0.25, -0.2) is 14.2 Å². The quantitative estimate of drug-likeness (QED) is 0.813. The van der Waals surface area contributed by atoms with Gasteiger partial charge in [0.1, 0.15) is 5.82 Å². The summed E-state index contributed by atoms with van der Waals surface area (Å²) < 4.78 is 13.4. The number of anilines is 1. The highest BCUT2D eigenvalue weighted by molar-refractivity contribution is 5.90. The van der Waals surface area contributed by atoms with Crippen LogP contribution in [0.2, 0.25) is 0 Å². The monoisotopic (exact) mass is 395 g/mol. The van der Waals surface area contributed by atoms with E-state index in [2.05, 4.69) is 35.4 Å². The number of fused-ring (bicyclic) bond motifs is 1. The third-order valence-electron chi connectivity index (χ3n) is 5.48. The number of hydrogen-bond donors (Lipinski definition) is 2. The summed E-state index contributed by atoms with van der Waals surface area (Å²) in [6.45, 7) is 6.91. The highest BCUT2D eigenvalue weighted by atomic mass is 19.1. The van der Waals surface area contributed by atoms with Crippen molar-refractivity contribution in [2.45, 2.75) is 26.4 Å². The van der Waals surface area contributed by atoms with Gasteiger partial charge in [0.05, 0.1) is 11.7 Å². The van der Waals surface area contributed by atoms with E-state index < -0.39 is 0 Å². The molecule has 1 fully saturated rings. The molecule has 6 nitrogen and oxygen atoms in total. The third-order valence-corrected chi connectivity index (χ3v) is 5.48. The summed E-state index contributed by atoms with van der Waals surface area (Å²) in [6.07, 6.45) is 0. The minimum atomic E-state index is -0.366. The van der Waals surface area contributed by atoms with Crippen LogP contribution in [0.25, 0.3) is 0 Å². The number of carbonyl (C=O) groups excluding carboxylic acids is 1. The van der Waals surface area contributed by atoms with Gasteiger partial charge >= 0.3 is 6.03 Å². The van der Waals surface area contributed by atoms with Crippen molar-refractivity contribution in [3.05, 3.63) is 59.9 Å². The van der Waals surface area contributed by atoms with Crippen LogP contribution < -0.4 is 10.6 Å². The lowest BCUT2D eigenvalue weighted by Gasteiger charge is -2.45. The van der Waals surface area contributed by atoms with Gasteiger partial charge in [0.15, 0.2) is 5.96 Å². The molecule has 1 saturated heterocycles. The fourth-order valence-electron chi connectivity index (χ4n) is 3.86. The first kappa shape index (κ1) is 19.2. The zero-order chi connectivity index (χ0) is 20.4. The number of halogens is 1. The van der Waals surface area contributed by atoms with Gasteiger partial charge in [0, 0.05) is 31.9 Å². The minimum Gasteiger partial charge on any atom is -0.352 e. The molecule has 1 unspecified atom stereocenters. The van der Waals surface area contributed by atoms with Crippen LogP contribution in [0.1, 0.15) is 19.4 Å². The van der Waals surface area contributed by atoms with Crippen LogP contribution in [-0.2, 0) is 6.54 Å². The molecule has 0 radical (unpaired) electrons. The van der Waals surface area contributed by atoms with Crippen LogP contribution in [0.3, 0.4) is 0 Å². The second-order valence-corrected chi connectivity index (χ2v) is 7.81. The molecular weight excluding hydrogens is 369 g/mol. The van der Waals surface area contributed by atoms with Gasteiger partial charge < -0.3 is 20.4 Å². The van der Waals surface area contributed by atoms with Crippen molar-refractivity contribution in [2.24, 2.45) is 10.9 Å². The molecule has 0 saturated carbocycles. The Morgan fingerprint density at radius 3 is 2.83 bits per heavy atom. The number of urea groups is 1. The number of guanidine groups is 1. The number of nitrogens with zero attached hydrogens (tertiary/aromatic N) is 3. The molecule has 2 heterocycles. The van der Waals surface area contributed by atoms with Crippen LogP contribution in [-0.4, -0.2) is 47.5 Å². The maximum absolute atomic E-state index is 13.4. The van der Waals surface area contributed by atoms with E-state index in [1.807, 2.05) is 18.2 Å². The maximum atomic E-state index is 13.4. The van der Waals surface area contributed by atoms with Crippen LogP contribution in [0.15, 0.2) is 53.5 Å². The molecule has 0 aromatic heterocycles. The van der Waals surface area contributed by atoms with Gasteiger partial charge in [-0.15, -0.1) is 0 Å². The normalized spacial score (nSPS) is 18.8. The summed E-state index contributed by atoms with van der Waals surface area (Å²) in [5.41, 5.74) is 2.65. The highest BCUT2D eigenvalue weighted by Crippen LogP contribution is 2.25. The standard InChI is InChI=1S/C22H26FN5O/c1-15(2)20-14-27(22(29)25-18-8-5-7-17(23)12-18)10-11-28(20)21-24-13-16-6-3-4-9-19(16)26-21/h3-9,12,15,20H,10-11,13-14H2,1-2H3,(H,24,26)(H,25,29). The topological polar surface area (TPSA) is 60.0 Å². The molecule has 2 aliphatic rings. The molecule has 7 heteroatoms. The first-order valence-electron chi connectivity index (χ1n) is 10.00. The molecule has 152 valence electrons. The predicted molar refractivity (Wildman–Crippen MR) is 113 cm³/mol. The zero-order valence-corrected chi connectivity index (χ0v) is 16.7. The molecule has 2 amide bonds. The summed E-state index contributed by atoms with van der Waals surface area (Å²) in [6, 6.07) is 14.0. The van der Waals surface area contributed by atoms with Crippen molar-refractivity contribution in [3.8, 4) is 0 Å². The van der Waals surface area contributed by atoms with E-state index >= 15 is 0 Å². The van der Waals surface area contributed by atoms with Gasteiger partial charge in [-0.2, -0.15) is 0 Å². The van der Waals surface area contributed by atoms with Crippen molar-refractivity contribution in [2.75, 3.05) is 25.0 Å². The Balaban J connectivity index is 1.48. The van der Waals surface area contributed by atoms with Crippen molar-refractivity contribution in [1.82, 2.24) is 15.1 Å². The van der Waals surface area contributed by atoms with E-state index in [-0.39, 0.29) is 17.9 Å². The fraction of sp³-hybridized carbons (Fsp3) is 0.364. The lowest BCUT2D eigenvalue weighted by molar-refractivity contribution is 0.117. The summed E-state index contributed by atoms with van der Waals surface area (Å²) in [5, 5.41) is 6.24. The number of rotatable bonds is 2. The number of benzene rings is 2. The highest BCUT2D eigenvalue weighted by Gasteiger charge is 2.34. The summed E-state index contributed by atoms with van der Waals surface area (Å²) >= 11 is 0. The van der Waals surface area contributed by atoms with Gasteiger partial charge in [-0.3, -0.25) is 0 Å². The molecule has 1 atom stereocenters. The zero-order valence-electron chi connectivity index (χ0n) is 16.7. The lowest BCUT2D eigenvalue weighted by atomic mass is 9.99. The van der Waals surface area contributed by atoms with Gasteiger partial charge in [-0.05, 0) is 35.7 Å². The van der Waals surface area contributed by atoms with E-state index in [9.17, 15) is 9.18 Å². The minimum absolute atomic E-state index is 0.138. The molecule has 0 spiro atoms. The van der Waals surface area contributed by atoms with Gasteiger partial charge in [0.25, 0.3) is 0 Å². The number of piperazine rings is 1. The number of hydrogen-bond acceptors (Lipinski definition) is 4. The van der Waals surface area contributed by atoms with E-state index in [1.165, 1.54) is 17.7 Å². The van der Waals surface area contributed by atoms with E-state index in [0.29, 0.717) is 31.2 Å². The van der Waals surface area contributed by atoms with Gasteiger partial charge in [-0.1, -0.05) is 38.1 Å². The van der Waals surface area contributed by atoms with Crippen molar-refractivity contribution in [1.29, 1.82) is 0 Å².